The van der Waals surface area contributed by atoms with E-state index < -0.39 is 6.04 Å². The Bertz CT molecular complexity index is 1150. The molecular formula is C26H27ClN2O5. The number of hydrogen-bond acceptors (Lipinski definition) is 6. The fraction of sp³-hybridized carbons (Fsp3) is 0.423. The third kappa shape index (κ3) is 3.72. The van der Waals surface area contributed by atoms with Gasteiger partial charge in [-0.05, 0) is 48.1 Å². The van der Waals surface area contributed by atoms with Crippen LogP contribution in [-0.4, -0.2) is 47.3 Å². The van der Waals surface area contributed by atoms with Gasteiger partial charge in [-0.2, -0.15) is 0 Å². The molecule has 0 spiro atoms. The van der Waals surface area contributed by atoms with E-state index in [9.17, 15) is 9.59 Å². The summed E-state index contributed by atoms with van der Waals surface area (Å²) in [5.74, 6) is 0.777. The predicted octanol–water partition coefficient (Wildman–Crippen LogP) is 4.06. The quantitative estimate of drug-likeness (QED) is 0.598. The SMILES string of the molecule is COc1ccc(C2C3=C(OC4CC(C)C(Cl)CC4C3=O)C(=O)N2Cc2cccnc2)cc1OC. The number of Topliss-reactive ketones (excluding diaryl/α,β-unsaturated/α-hetero) is 1. The Balaban J connectivity index is 1.60. The predicted molar refractivity (Wildman–Crippen MR) is 126 cm³/mol. The Morgan fingerprint density at radius 3 is 2.65 bits per heavy atom. The first-order chi connectivity index (χ1) is 16.4. The summed E-state index contributed by atoms with van der Waals surface area (Å²) in [4.78, 5) is 33.4. The number of ketones is 1. The molecule has 0 radical (unpaired) electrons. The average molecular weight is 483 g/mol. The topological polar surface area (TPSA) is 78.0 Å². The van der Waals surface area contributed by atoms with Gasteiger partial charge in [-0.1, -0.05) is 19.1 Å². The van der Waals surface area contributed by atoms with E-state index in [-0.39, 0.29) is 40.8 Å². The standard InChI is InChI=1S/C26H27ClN2O5/c1-14-9-20-17(11-18(14)27)24(30)22-23(16-6-7-19(32-2)21(10-16)33-3)29(26(31)25(22)34-20)13-15-5-4-8-28-12-15/h4-8,10,12,14,17-18,20,23H,9,11,13H2,1-3H3. The second kappa shape index (κ2) is 8.95. The lowest BCUT2D eigenvalue weighted by Crippen LogP contribution is -2.44. The number of aromatic nitrogens is 1. The zero-order valence-electron chi connectivity index (χ0n) is 19.4. The van der Waals surface area contributed by atoms with E-state index in [1.165, 1.54) is 0 Å². The van der Waals surface area contributed by atoms with Crippen LogP contribution in [0.1, 0.15) is 36.9 Å². The third-order valence-corrected chi connectivity index (χ3v) is 7.71. The highest BCUT2D eigenvalue weighted by molar-refractivity contribution is 6.21. The van der Waals surface area contributed by atoms with Crippen LogP contribution in [0.2, 0.25) is 0 Å². The minimum atomic E-state index is -0.607. The molecule has 1 amide bonds. The summed E-state index contributed by atoms with van der Waals surface area (Å²) in [6, 6.07) is 8.59. The average Bonchev–Trinajstić information content (AvgIpc) is 3.12. The Morgan fingerprint density at radius 1 is 1.15 bits per heavy atom. The molecule has 1 aromatic heterocycles. The summed E-state index contributed by atoms with van der Waals surface area (Å²) < 4.78 is 17.2. The van der Waals surface area contributed by atoms with Crippen molar-refractivity contribution >= 4 is 23.3 Å². The molecular weight excluding hydrogens is 456 g/mol. The van der Waals surface area contributed by atoms with Crippen LogP contribution < -0.4 is 9.47 Å². The van der Waals surface area contributed by atoms with Crippen molar-refractivity contribution in [2.24, 2.45) is 11.8 Å². The molecule has 2 aromatic rings. The van der Waals surface area contributed by atoms with E-state index in [0.717, 1.165) is 11.1 Å². The molecule has 3 aliphatic rings. The Hall–Kier alpha value is -3.06. The molecule has 1 fully saturated rings. The lowest BCUT2D eigenvalue weighted by Gasteiger charge is -2.40. The summed E-state index contributed by atoms with van der Waals surface area (Å²) in [6.45, 7) is 2.35. The van der Waals surface area contributed by atoms with E-state index >= 15 is 0 Å². The molecule has 5 rings (SSSR count). The highest BCUT2D eigenvalue weighted by Crippen LogP contribution is 2.49. The monoisotopic (exact) mass is 482 g/mol. The number of rotatable bonds is 5. The van der Waals surface area contributed by atoms with Gasteiger partial charge in [0.05, 0.1) is 31.8 Å². The first-order valence-corrected chi connectivity index (χ1v) is 11.9. The number of ether oxygens (including phenoxy) is 3. The second-order valence-corrected chi connectivity index (χ2v) is 9.71. The number of halogens is 1. The zero-order chi connectivity index (χ0) is 24.0. The molecule has 178 valence electrons. The lowest BCUT2D eigenvalue weighted by atomic mass is 9.74. The molecule has 7 nitrogen and oxygen atoms in total. The van der Waals surface area contributed by atoms with Gasteiger partial charge in [0.1, 0.15) is 6.10 Å². The third-order valence-electron chi connectivity index (χ3n) is 7.10. The summed E-state index contributed by atoms with van der Waals surface area (Å²) >= 11 is 6.55. The van der Waals surface area contributed by atoms with Gasteiger partial charge >= 0.3 is 0 Å². The van der Waals surface area contributed by atoms with Crippen LogP contribution in [0.15, 0.2) is 54.1 Å². The number of nitrogens with zero attached hydrogens (tertiary/aromatic N) is 2. The number of alkyl halides is 1. The van der Waals surface area contributed by atoms with Gasteiger partial charge in [-0.3, -0.25) is 14.6 Å². The van der Waals surface area contributed by atoms with E-state index in [1.807, 2.05) is 24.3 Å². The number of fused-ring (bicyclic) bond motifs is 1. The Kier molecular flexibility index (Phi) is 5.98. The van der Waals surface area contributed by atoms with Crippen LogP contribution in [0.5, 0.6) is 11.5 Å². The highest BCUT2D eigenvalue weighted by Gasteiger charge is 2.53. The maximum atomic E-state index is 13.9. The van der Waals surface area contributed by atoms with Crippen LogP contribution in [0.4, 0.5) is 0 Å². The summed E-state index contributed by atoms with van der Waals surface area (Å²) in [6.07, 6.45) is 4.27. The molecule has 3 heterocycles. The maximum Gasteiger partial charge on any atom is 0.290 e. The molecule has 1 aliphatic carbocycles. The van der Waals surface area contributed by atoms with Crippen molar-refractivity contribution in [2.45, 2.75) is 43.8 Å². The lowest BCUT2D eigenvalue weighted by molar-refractivity contribution is -0.136. The summed E-state index contributed by atoms with van der Waals surface area (Å²) in [5.41, 5.74) is 2.02. The van der Waals surface area contributed by atoms with Gasteiger partial charge in [-0.25, -0.2) is 0 Å². The molecule has 1 saturated carbocycles. The van der Waals surface area contributed by atoms with Crippen molar-refractivity contribution in [2.75, 3.05) is 14.2 Å². The molecule has 0 bridgehead atoms. The summed E-state index contributed by atoms with van der Waals surface area (Å²) in [5, 5.41) is -0.0981. The molecule has 34 heavy (non-hydrogen) atoms. The Morgan fingerprint density at radius 2 is 1.94 bits per heavy atom. The largest absolute Gasteiger partial charge is 0.493 e. The molecule has 0 N–H and O–H groups in total. The Labute approximate surface area is 203 Å². The van der Waals surface area contributed by atoms with Crippen LogP contribution in [0.25, 0.3) is 0 Å². The summed E-state index contributed by atoms with van der Waals surface area (Å²) in [7, 11) is 3.13. The molecule has 0 saturated heterocycles. The molecule has 1 aromatic carbocycles. The first kappa shape index (κ1) is 22.7. The number of methoxy groups -OCH3 is 2. The number of pyridine rings is 1. The fourth-order valence-corrected chi connectivity index (χ4v) is 5.58. The van der Waals surface area contributed by atoms with Gasteiger partial charge in [0.25, 0.3) is 5.91 Å². The van der Waals surface area contributed by atoms with Gasteiger partial charge in [-0.15, -0.1) is 11.6 Å². The smallest absolute Gasteiger partial charge is 0.290 e. The molecule has 5 atom stereocenters. The highest BCUT2D eigenvalue weighted by atomic mass is 35.5. The van der Waals surface area contributed by atoms with Crippen molar-refractivity contribution < 1.29 is 23.8 Å². The van der Waals surface area contributed by atoms with Crippen molar-refractivity contribution in [3.63, 3.8) is 0 Å². The van der Waals surface area contributed by atoms with Crippen LogP contribution in [-0.2, 0) is 20.9 Å². The van der Waals surface area contributed by atoms with Crippen LogP contribution >= 0.6 is 11.6 Å². The molecule has 5 unspecified atom stereocenters. The van der Waals surface area contributed by atoms with E-state index in [4.69, 9.17) is 25.8 Å². The minimum Gasteiger partial charge on any atom is -0.493 e. The minimum absolute atomic E-state index is 0.0504. The van der Waals surface area contributed by atoms with E-state index in [2.05, 4.69) is 11.9 Å². The van der Waals surface area contributed by atoms with E-state index in [0.29, 0.717) is 36.5 Å². The van der Waals surface area contributed by atoms with Gasteiger partial charge in [0, 0.05) is 24.3 Å². The van der Waals surface area contributed by atoms with E-state index in [1.54, 1.807) is 37.6 Å². The maximum absolute atomic E-state index is 13.9. The number of carbonyl (C=O) groups is 2. The van der Waals surface area contributed by atoms with Crippen molar-refractivity contribution in [3.8, 4) is 11.5 Å². The molecule has 8 heteroatoms. The molecule has 2 aliphatic heterocycles. The number of amides is 1. The van der Waals surface area contributed by atoms with Crippen LogP contribution in [0.3, 0.4) is 0 Å². The van der Waals surface area contributed by atoms with Gasteiger partial charge < -0.3 is 19.1 Å². The second-order valence-electron chi connectivity index (χ2n) is 9.15. The first-order valence-electron chi connectivity index (χ1n) is 11.4. The van der Waals surface area contributed by atoms with Gasteiger partial charge in [0.15, 0.2) is 23.0 Å². The zero-order valence-corrected chi connectivity index (χ0v) is 20.1. The number of hydrogen-bond donors (Lipinski definition) is 0. The van der Waals surface area contributed by atoms with Crippen LogP contribution in [0, 0.1) is 11.8 Å². The van der Waals surface area contributed by atoms with Gasteiger partial charge in [0.2, 0.25) is 0 Å². The fourth-order valence-electron chi connectivity index (χ4n) is 5.29. The number of carbonyl (C=O) groups excluding carboxylic acids is 2. The normalized spacial score (nSPS) is 28.4. The van der Waals surface area contributed by atoms with Crippen molar-refractivity contribution in [1.29, 1.82) is 0 Å². The van der Waals surface area contributed by atoms with Crippen molar-refractivity contribution in [1.82, 2.24) is 9.88 Å². The van der Waals surface area contributed by atoms with Crippen molar-refractivity contribution in [3.05, 3.63) is 65.2 Å². The number of benzene rings is 1.